The smallest absolute Gasteiger partial charge is 0.287 e. The van der Waals surface area contributed by atoms with Gasteiger partial charge in [0.2, 0.25) is 5.91 Å². The van der Waals surface area contributed by atoms with Crippen molar-refractivity contribution in [1.82, 2.24) is 25.5 Å². The third-order valence-corrected chi connectivity index (χ3v) is 4.78. The third-order valence-electron chi connectivity index (χ3n) is 4.78. The van der Waals surface area contributed by atoms with E-state index in [0.29, 0.717) is 11.7 Å². The molecule has 1 saturated carbocycles. The highest BCUT2D eigenvalue weighted by atomic mass is 16.3. The minimum Gasteiger partial charge on any atom is -0.459 e. The molecule has 1 atom stereocenters. The van der Waals surface area contributed by atoms with Gasteiger partial charge in [-0.1, -0.05) is 13.8 Å². The van der Waals surface area contributed by atoms with E-state index < -0.39 is 11.9 Å². The van der Waals surface area contributed by atoms with E-state index in [0.717, 1.165) is 24.2 Å². The van der Waals surface area contributed by atoms with Crippen molar-refractivity contribution in [2.45, 2.75) is 38.8 Å². The maximum absolute atomic E-state index is 12.7. The van der Waals surface area contributed by atoms with Crippen LogP contribution in [-0.2, 0) is 4.79 Å². The van der Waals surface area contributed by atoms with Crippen molar-refractivity contribution in [3.05, 3.63) is 48.4 Å². The van der Waals surface area contributed by atoms with Crippen molar-refractivity contribution in [3.63, 3.8) is 0 Å². The van der Waals surface area contributed by atoms with Gasteiger partial charge in [-0.25, -0.2) is 4.68 Å². The first-order valence-corrected chi connectivity index (χ1v) is 9.56. The van der Waals surface area contributed by atoms with Crippen molar-refractivity contribution in [1.29, 1.82) is 0 Å². The average molecular weight is 394 g/mol. The molecule has 0 aliphatic heterocycles. The van der Waals surface area contributed by atoms with Gasteiger partial charge < -0.3 is 15.1 Å². The molecule has 29 heavy (non-hydrogen) atoms. The average Bonchev–Trinajstić information content (AvgIpc) is 3.20. The molecular formula is C20H22N6O3. The summed E-state index contributed by atoms with van der Waals surface area (Å²) < 4.78 is 6.93. The number of anilines is 1. The zero-order valence-electron chi connectivity index (χ0n) is 16.2. The fourth-order valence-corrected chi connectivity index (χ4v) is 3.03. The molecule has 1 unspecified atom stereocenters. The number of rotatable bonds is 7. The molecule has 0 spiro atoms. The fourth-order valence-electron chi connectivity index (χ4n) is 3.03. The Kier molecular flexibility index (Phi) is 5.11. The van der Waals surface area contributed by atoms with E-state index in [9.17, 15) is 9.59 Å². The summed E-state index contributed by atoms with van der Waals surface area (Å²) in [4.78, 5) is 25.0. The van der Waals surface area contributed by atoms with E-state index in [-0.39, 0.29) is 17.6 Å². The van der Waals surface area contributed by atoms with Crippen LogP contribution in [0.2, 0.25) is 0 Å². The van der Waals surface area contributed by atoms with Crippen molar-refractivity contribution < 1.29 is 14.0 Å². The molecule has 1 aliphatic carbocycles. The van der Waals surface area contributed by atoms with E-state index >= 15 is 0 Å². The number of nitrogens with one attached hydrogen (secondary N) is 2. The van der Waals surface area contributed by atoms with Crippen LogP contribution in [0.15, 0.2) is 47.1 Å². The highest BCUT2D eigenvalue weighted by Gasteiger charge is 2.28. The summed E-state index contributed by atoms with van der Waals surface area (Å²) in [6, 6.07) is 10.2. The highest BCUT2D eigenvalue weighted by molar-refractivity contribution is 6.00. The maximum atomic E-state index is 12.7. The van der Waals surface area contributed by atoms with E-state index in [1.165, 1.54) is 6.26 Å². The summed E-state index contributed by atoms with van der Waals surface area (Å²) >= 11 is 0. The molecular weight excluding hydrogens is 372 g/mol. The molecule has 2 aromatic heterocycles. The van der Waals surface area contributed by atoms with Gasteiger partial charge in [0.25, 0.3) is 5.91 Å². The van der Waals surface area contributed by atoms with Gasteiger partial charge in [0.1, 0.15) is 6.04 Å². The maximum Gasteiger partial charge on any atom is 0.287 e. The Morgan fingerprint density at radius 3 is 2.55 bits per heavy atom. The van der Waals surface area contributed by atoms with Crippen LogP contribution in [0.3, 0.4) is 0 Å². The molecule has 2 N–H and O–H groups in total. The van der Waals surface area contributed by atoms with Gasteiger partial charge >= 0.3 is 0 Å². The Morgan fingerprint density at radius 2 is 1.93 bits per heavy atom. The Hall–Kier alpha value is -3.49. The summed E-state index contributed by atoms with van der Waals surface area (Å²) in [5.41, 5.74) is 1.51. The molecule has 0 radical (unpaired) electrons. The van der Waals surface area contributed by atoms with E-state index in [4.69, 9.17) is 4.42 Å². The summed E-state index contributed by atoms with van der Waals surface area (Å²) in [7, 11) is 0. The molecule has 1 aromatic carbocycles. The summed E-state index contributed by atoms with van der Waals surface area (Å²) in [6.07, 6.45) is 3.60. The number of benzene rings is 1. The van der Waals surface area contributed by atoms with Crippen molar-refractivity contribution in [3.8, 4) is 11.4 Å². The Balaban J connectivity index is 1.43. The number of nitrogens with zero attached hydrogens (tertiary/aromatic N) is 4. The van der Waals surface area contributed by atoms with E-state index in [2.05, 4.69) is 26.2 Å². The van der Waals surface area contributed by atoms with Crippen molar-refractivity contribution in [2.24, 2.45) is 5.92 Å². The molecule has 2 amide bonds. The highest BCUT2D eigenvalue weighted by Crippen LogP contribution is 2.36. The molecule has 1 fully saturated rings. The van der Waals surface area contributed by atoms with Crippen LogP contribution in [0.5, 0.6) is 0 Å². The minimum absolute atomic E-state index is 0.101. The second kappa shape index (κ2) is 7.86. The lowest BCUT2D eigenvalue weighted by atomic mass is 10.0. The third kappa shape index (κ3) is 4.18. The van der Waals surface area contributed by atoms with Crippen LogP contribution in [0.4, 0.5) is 5.69 Å². The monoisotopic (exact) mass is 394 g/mol. The summed E-state index contributed by atoms with van der Waals surface area (Å²) in [5.74, 6) is 0.0651. The predicted molar refractivity (Wildman–Crippen MR) is 105 cm³/mol. The number of carbonyl (C=O) groups excluding carboxylic acids is 2. The molecule has 0 saturated heterocycles. The van der Waals surface area contributed by atoms with Gasteiger partial charge in [0.15, 0.2) is 11.6 Å². The minimum atomic E-state index is -0.700. The van der Waals surface area contributed by atoms with Crippen LogP contribution in [0.25, 0.3) is 11.4 Å². The number of carbonyl (C=O) groups is 2. The quantitative estimate of drug-likeness (QED) is 0.637. The lowest BCUT2D eigenvalue weighted by Gasteiger charge is -2.21. The Morgan fingerprint density at radius 1 is 1.17 bits per heavy atom. The zero-order chi connectivity index (χ0) is 20.4. The first-order valence-electron chi connectivity index (χ1n) is 9.56. The molecule has 3 aromatic rings. The first-order chi connectivity index (χ1) is 14.0. The van der Waals surface area contributed by atoms with Gasteiger partial charge in [-0.2, -0.15) is 0 Å². The van der Waals surface area contributed by atoms with Crippen LogP contribution >= 0.6 is 0 Å². The van der Waals surface area contributed by atoms with Crippen LogP contribution in [0.1, 0.15) is 43.3 Å². The van der Waals surface area contributed by atoms with E-state index in [1.54, 1.807) is 24.3 Å². The van der Waals surface area contributed by atoms with Gasteiger partial charge in [-0.15, -0.1) is 5.10 Å². The van der Waals surface area contributed by atoms with Gasteiger partial charge in [-0.3, -0.25) is 9.59 Å². The first kappa shape index (κ1) is 18.9. The molecule has 9 heteroatoms. The summed E-state index contributed by atoms with van der Waals surface area (Å²) in [5, 5.41) is 17.5. The second-order valence-electron chi connectivity index (χ2n) is 7.42. The van der Waals surface area contributed by atoms with Gasteiger partial charge in [0, 0.05) is 11.3 Å². The van der Waals surface area contributed by atoms with Crippen molar-refractivity contribution in [2.75, 3.05) is 5.32 Å². The largest absolute Gasteiger partial charge is 0.459 e. The molecule has 150 valence electrons. The molecule has 0 bridgehead atoms. The fraction of sp³-hybridized carbons (Fsp3) is 0.350. The number of amides is 2. The number of aromatic nitrogens is 4. The Bertz CT molecular complexity index is 990. The number of tetrazole rings is 1. The Labute approximate surface area is 167 Å². The van der Waals surface area contributed by atoms with Crippen LogP contribution in [0, 0.1) is 5.92 Å². The number of furan rings is 1. The molecule has 9 nitrogen and oxygen atoms in total. The van der Waals surface area contributed by atoms with Gasteiger partial charge in [-0.05, 0) is 65.6 Å². The summed E-state index contributed by atoms with van der Waals surface area (Å²) in [6.45, 7) is 3.74. The predicted octanol–water partition coefficient (Wildman–Crippen LogP) is 2.66. The SMILES string of the molecule is CC(C)C(NC(=O)c1ccco1)C(=O)Nc1ccc(-c2nnnn2C2CC2)cc1. The molecule has 1 aliphatic rings. The molecule has 2 heterocycles. The lowest BCUT2D eigenvalue weighted by molar-refractivity contribution is -0.118. The zero-order valence-corrected chi connectivity index (χ0v) is 16.2. The topological polar surface area (TPSA) is 115 Å². The lowest BCUT2D eigenvalue weighted by Crippen LogP contribution is -2.47. The molecule has 4 rings (SSSR count). The van der Waals surface area contributed by atoms with Gasteiger partial charge in [0.05, 0.1) is 12.3 Å². The van der Waals surface area contributed by atoms with Crippen LogP contribution < -0.4 is 10.6 Å². The standard InChI is InChI=1S/C20H22N6O3/c1-12(2)17(22-19(27)16-4-3-11-29-16)20(28)21-14-7-5-13(6-8-14)18-23-24-25-26(18)15-9-10-15/h3-8,11-12,15,17H,9-10H2,1-2H3,(H,21,28)(H,22,27). The number of hydrogen-bond donors (Lipinski definition) is 2. The second-order valence-corrected chi connectivity index (χ2v) is 7.42. The van der Waals surface area contributed by atoms with E-state index in [1.807, 2.05) is 30.7 Å². The van der Waals surface area contributed by atoms with Crippen LogP contribution in [-0.4, -0.2) is 38.1 Å². The van der Waals surface area contributed by atoms with Crippen molar-refractivity contribution >= 4 is 17.5 Å². The normalized spacial score (nSPS) is 14.6. The number of hydrogen-bond acceptors (Lipinski definition) is 6.